The first-order valence-corrected chi connectivity index (χ1v) is 12.0. The minimum absolute atomic E-state index is 0.146. The minimum atomic E-state index is -1.43. The molecule has 0 spiro atoms. The van der Waals surface area contributed by atoms with E-state index < -0.39 is 42.2 Å². The SMILES string of the molecule is COc1cc(C(=O)N[C@H]2CC=CC[C@@H]3CC[C@@H](C(=O)NC4CC(=O)OC4O)N3C2=O)cc(OC)c1OC. The van der Waals surface area contributed by atoms with E-state index in [2.05, 4.69) is 10.6 Å². The highest BCUT2D eigenvalue weighted by molar-refractivity contribution is 5.99. The first kappa shape index (κ1) is 26.3. The lowest BCUT2D eigenvalue weighted by molar-refractivity contribution is -0.155. The number of esters is 1. The molecule has 2 fully saturated rings. The average molecular weight is 518 g/mol. The van der Waals surface area contributed by atoms with Crippen LogP contribution in [0.25, 0.3) is 0 Å². The van der Waals surface area contributed by atoms with Crippen LogP contribution >= 0.6 is 0 Å². The number of amides is 3. The van der Waals surface area contributed by atoms with E-state index in [1.165, 1.54) is 38.4 Å². The summed E-state index contributed by atoms with van der Waals surface area (Å²) in [5.74, 6) is -1.06. The summed E-state index contributed by atoms with van der Waals surface area (Å²) in [6, 6.07) is 0.176. The van der Waals surface area contributed by atoms with E-state index in [0.29, 0.717) is 36.5 Å². The third kappa shape index (κ3) is 5.33. The van der Waals surface area contributed by atoms with Gasteiger partial charge < -0.3 is 39.6 Å². The number of rotatable bonds is 7. The lowest BCUT2D eigenvalue weighted by Gasteiger charge is -2.34. The van der Waals surface area contributed by atoms with Gasteiger partial charge in [0, 0.05) is 11.6 Å². The van der Waals surface area contributed by atoms with E-state index in [0.717, 1.165) is 0 Å². The van der Waals surface area contributed by atoms with Crippen molar-refractivity contribution in [3.63, 3.8) is 0 Å². The van der Waals surface area contributed by atoms with Gasteiger partial charge in [0.1, 0.15) is 18.1 Å². The smallest absolute Gasteiger partial charge is 0.310 e. The van der Waals surface area contributed by atoms with Crippen molar-refractivity contribution in [1.29, 1.82) is 0 Å². The molecule has 5 atom stereocenters. The van der Waals surface area contributed by atoms with Gasteiger partial charge in [-0.1, -0.05) is 12.2 Å². The van der Waals surface area contributed by atoms with Gasteiger partial charge in [-0.3, -0.25) is 19.2 Å². The van der Waals surface area contributed by atoms with Crippen LogP contribution in [-0.4, -0.2) is 85.5 Å². The number of aliphatic hydroxyl groups is 1. The number of carbonyl (C=O) groups excluding carboxylic acids is 4. The van der Waals surface area contributed by atoms with Crippen LogP contribution in [0, 0.1) is 0 Å². The maximum absolute atomic E-state index is 13.7. The van der Waals surface area contributed by atoms with E-state index in [1.54, 1.807) is 0 Å². The van der Waals surface area contributed by atoms with Gasteiger partial charge in [-0.15, -0.1) is 0 Å². The van der Waals surface area contributed by atoms with Crippen LogP contribution in [0.4, 0.5) is 0 Å². The largest absolute Gasteiger partial charge is 0.493 e. The number of carbonyl (C=O) groups is 4. The van der Waals surface area contributed by atoms with E-state index in [-0.39, 0.29) is 30.4 Å². The van der Waals surface area contributed by atoms with Crippen molar-refractivity contribution < 1.29 is 43.2 Å². The van der Waals surface area contributed by atoms with Crippen LogP contribution < -0.4 is 24.8 Å². The van der Waals surface area contributed by atoms with E-state index in [9.17, 15) is 24.3 Å². The second-order valence-electron chi connectivity index (χ2n) is 9.07. The number of cyclic esters (lactones) is 1. The molecule has 2 unspecified atom stereocenters. The fourth-order valence-electron chi connectivity index (χ4n) is 4.99. The molecule has 1 aromatic carbocycles. The van der Waals surface area contributed by atoms with Gasteiger partial charge in [-0.2, -0.15) is 0 Å². The Morgan fingerprint density at radius 1 is 1.00 bits per heavy atom. The van der Waals surface area contributed by atoms with Crippen molar-refractivity contribution in [3.05, 3.63) is 29.8 Å². The Balaban J connectivity index is 1.53. The van der Waals surface area contributed by atoms with E-state index in [4.69, 9.17) is 18.9 Å². The third-order valence-electron chi connectivity index (χ3n) is 6.85. The molecule has 3 amide bonds. The predicted molar refractivity (Wildman–Crippen MR) is 128 cm³/mol. The first-order valence-electron chi connectivity index (χ1n) is 12.0. The van der Waals surface area contributed by atoms with Crippen molar-refractivity contribution in [3.8, 4) is 17.2 Å². The molecule has 0 aromatic heterocycles. The van der Waals surface area contributed by atoms with Crippen LogP contribution in [0.1, 0.15) is 42.5 Å². The summed E-state index contributed by atoms with van der Waals surface area (Å²) in [6.45, 7) is 0. The molecule has 4 rings (SSSR count). The van der Waals surface area contributed by atoms with Crippen LogP contribution in [0.15, 0.2) is 24.3 Å². The van der Waals surface area contributed by atoms with Crippen molar-refractivity contribution in [2.45, 2.75) is 62.6 Å². The zero-order chi connectivity index (χ0) is 26.7. The Bertz CT molecular complexity index is 1080. The molecule has 0 bridgehead atoms. The molecule has 3 heterocycles. The summed E-state index contributed by atoms with van der Waals surface area (Å²) in [4.78, 5) is 52.9. The van der Waals surface area contributed by atoms with Crippen molar-refractivity contribution >= 4 is 23.7 Å². The van der Waals surface area contributed by atoms with Gasteiger partial charge in [0.25, 0.3) is 5.91 Å². The fourth-order valence-corrected chi connectivity index (χ4v) is 4.99. The number of benzene rings is 1. The molecule has 2 saturated heterocycles. The molecule has 3 aliphatic rings. The number of methoxy groups -OCH3 is 3. The summed E-state index contributed by atoms with van der Waals surface area (Å²) >= 11 is 0. The van der Waals surface area contributed by atoms with Crippen LogP contribution in [0.3, 0.4) is 0 Å². The highest BCUT2D eigenvalue weighted by Gasteiger charge is 2.45. The van der Waals surface area contributed by atoms with E-state index in [1.807, 2.05) is 12.2 Å². The summed E-state index contributed by atoms with van der Waals surface area (Å²) in [5.41, 5.74) is 0.209. The molecule has 0 radical (unpaired) electrons. The first-order chi connectivity index (χ1) is 17.8. The zero-order valence-electron chi connectivity index (χ0n) is 20.9. The molecule has 12 nitrogen and oxygen atoms in total. The number of hydrogen-bond donors (Lipinski definition) is 3. The Morgan fingerprint density at radius 2 is 1.68 bits per heavy atom. The van der Waals surface area contributed by atoms with Crippen LogP contribution in [0.5, 0.6) is 17.2 Å². The summed E-state index contributed by atoms with van der Waals surface area (Å²) in [6.07, 6.45) is 4.06. The lowest BCUT2D eigenvalue weighted by Crippen LogP contribution is -2.57. The van der Waals surface area contributed by atoms with Gasteiger partial charge in [-0.25, -0.2) is 0 Å². The lowest BCUT2D eigenvalue weighted by atomic mass is 10.0. The minimum Gasteiger partial charge on any atom is -0.493 e. The number of ether oxygens (including phenoxy) is 4. The number of aliphatic hydroxyl groups excluding tert-OH is 1. The quantitative estimate of drug-likeness (QED) is 0.342. The predicted octanol–water partition coefficient (Wildman–Crippen LogP) is 0.271. The second-order valence-corrected chi connectivity index (χ2v) is 9.07. The monoisotopic (exact) mass is 517 g/mol. The molecule has 1 aromatic rings. The maximum atomic E-state index is 13.7. The van der Waals surface area contributed by atoms with Gasteiger partial charge in [0.05, 0.1) is 27.8 Å². The van der Waals surface area contributed by atoms with Gasteiger partial charge in [0.2, 0.25) is 23.9 Å². The van der Waals surface area contributed by atoms with Crippen molar-refractivity contribution in [1.82, 2.24) is 15.5 Å². The number of nitrogens with one attached hydrogen (secondary N) is 2. The van der Waals surface area contributed by atoms with Crippen molar-refractivity contribution in [2.24, 2.45) is 0 Å². The standard InChI is InChI=1S/C25H31N3O9/c1-34-18-10-13(11-19(35-2)21(18)36-3)22(30)26-15-7-5-4-6-14-8-9-17(28(14)24(15)32)23(31)27-16-12-20(29)37-25(16)33/h4-5,10-11,14-17,25,33H,6-9,12H2,1-3H3,(H,26,30)(H,27,31)/t14-,15+,16?,17+,25?/m1/s1. The summed E-state index contributed by atoms with van der Waals surface area (Å²) in [7, 11) is 4.33. The molecule has 0 saturated carbocycles. The number of nitrogens with zero attached hydrogens (tertiary/aromatic N) is 1. The second kappa shape index (κ2) is 11.1. The maximum Gasteiger partial charge on any atom is 0.310 e. The molecular formula is C25H31N3O9. The zero-order valence-corrected chi connectivity index (χ0v) is 20.9. The summed E-state index contributed by atoms with van der Waals surface area (Å²) in [5, 5.41) is 15.3. The van der Waals surface area contributed by atoms with Gasteiger partial charge in [-0.05, 0) is 37.8 Å². The molecule has 0 aliphatic carbocycles. The highest BCUT2D eigenvalue weighted by Crippen LogP contribution is 2.38. The third-order valence-corrected chi connectivity index (χ3v) is 6.85. The molecule has 37 heavy (non-hydrogen) atoms. The molecule has 3 N–H and O–H groups in total. The van der Waals surface area contributed by atoms with Crippen LogP contribution in [0.2, 0.25) is 0 Å². The topological polar surface area (TPSA) is 153 Å². The number of fused-ring (bicyclic) bond motifs is 1. The Kier molecular flexibility index (Phi) is 7.86. The van der Waals surface area contributed by atoms with E-state index >= 15 is 0 Å². The molecule has 12 heteroatoms. The number of hydrogen-bond acceptors (Lipinski definition) is 9. The highest BCUT2D eigenvalue weighted by atomic mass is 16.6. The molecular weight excluding hydrogens is 486 g/mol. The fraction of sp³-hybridized carbons (Fsp3) is 0.520. The average Bonchev–Trinajstić information content (AvgIpc) is 3.44. The van der Waals surface area contributed by atoms with Gasteiger partial charge >= 0.3 is 5.97 Å². The molecule has 3 aliphatic heterocycles. The Labute approximate surface area is 213 Å². The Hall–Kier alpha value is -3.80. The normalized spacial score (nSPS) is 27.0. The van der Waals surface area contributed by atoms with Crippen LogP contribution in [-0.2, 0) is 19.1 Å². The Morgan fingerprint density at radius 3 is 2.27 bits per heavy atom. The summed E-state index contributed by atoms with van der Waals surface area (Å²) < 4.78 is 20.6. The molecule has 200 valence electrons. The van der Waals surface area contributed by atoms with Crippen molar-refractivity contribution in [2.75, 3.05) is 21.3 Å². The van der Waals surface area contributed by atoms with Gasteiger partial charge in [0.15, 0.2) is 11.5 Å².